The van der Waals surface area contributed by atoms with Gasteiger partial charge in [0, 0.05) is 28.3 Å². The minimum Gasteiger partial charge on any atom is -0.374 e. The second-order valence-corrected chi connectivity index (χ2v) is 5.30. The molecule has 0 aromatic carbocycles. The summed E-state index contributed by atoms with van der Waals surface area (Å²) in [5.41, 5.74) is 0. The molecule has 0 amide bonds. The molecule has 0 aliphatic heterocycles. The molecule has 1 atom stereocenters. The van der Waals surface area contributed by atoms with Gasteiger partial charge in [0.2, 0.25) is 0 Å². The molecule has 1 unspecified atom stereocenters. The summed E-state index contributed by atoms with van der Waals surface area (Å²) in [5.74, 6) is 0.175. The topological polar surface area (TPSA) is 26.3 Å². The summed E-state index contributed by atoms with van der Waals surface area (Å²) in [4.78, 5) is 12.9. The van der Waals surface area contributed by atoms with Gasteiger partial charge in [0.1, 0.15) is 6.10 Å². The number of ketones is 1. The van der Waals surface area contributed by atoms with E-state index >= 15 is 0 Å². The van der Waals surface area contributed by atoms with Gasteiger partial charge in [-0.3, -0.25) is 4.79 Å². The molecule has 0 saturated heterocycles. The molecule has 1 rings (SSSR count). The van der Waals surface area contributed by atoms with Crippen molar-refractivity contribution in [2.75, 3.05) is 7.11 Å². The Bertz CT molecular complexity index is 322. The van der Waals surface area contributed by atoms with Crippen LogP contribution in [0.2, 0.25) is 0 Å². The number of rotatable bonds is 6. The quantitative estimate of drug-likeness (QED) is 0.802. The Balaban J connectivity index is 2.53. The largest absolute Gasteiger partial charge is 0.374 e. The smallest absolute Gasteiger partial charge is 0.166 e. The van der Waals surface area contributed by atoms with Crippen molar-refractivity contribution in [3.63, 3.8) is 0 Å². The van der Waals surface area contributed by atoms with Crippen LogP contribution in [-0.4, -0.2) is 19.0 Å². The summed E-state index contributed by atoms with van der Waals surface area (Å²) < 4.78 is 6.22. The molecule has 0 aliphatic carbocycles. The Morgan fingerprint density at radius 3 is 2.87 bits per heavy atom. The van der Waals surface area contributed by atoms with Crippen LogP contribution in [0.3, 0.4) is 0 Å². The number of hydrogen-bond acceptors (Lipinski definition) is 3. The maximum Gasteiger partial charge on any atom is 0.166 e. The van der Waals surface area contributed by atoms with Crippen molar-refractivity contribution in [2.45, 2.75) is 32.3 Å². The van der Waals surface area contributed by atoms with E-state index in [1.54, 1.807) is 18.4 Å². The van der Waals surface area contributed by atoms with Crippen molar-refractivity contribution in [3.05, 3.63) is 20.8 Å². The fourth-order valence-electron chi connectivity index (χ4n) is 1.40. The first-order valence-corrected chi connectivity index (χ1v) is 6.63. The molecule has 0 fully saturated rings. The van der Waals surface area contributed by atoms with Crippen molar-refractivity contribution in [2.24, 2.45) is 0 Å². The summed E-state index contributed by atoms with van der Waals surface area (Å²) in [6.45, 7) is 2.06. The van der Waals surface area contributed by atoms with Crippen molar-refractivity contribution >= 4 is 33.0 Å². The van der Waals surface area contributed by atoms with Gasteiger partial charge in [-0.05, 0) is 28.4 Å². The van der Waals surface area contributed by atoms with Crippen LogP contribution in [0.4, 0.5) is 0 Å². The maximum absolute atomic E-state index is 11.8. The third kappa shape index (κ3) is 4.05. The summed E-state index contributed by atoms with van der Waals surface area (Å²) in [6, 6.07) is 1.99. The van der Waals surface area contributed by atoms with Gasteiger partial charge in [-0.2, -0.15) is 0 Å². The highest BCUT2D eigenvalue weighted by Crippen LogP contribution is 2.21. The minimum absolute atomic E-state index is 0.175. The van der Waals surface area contributed by atoms with Gasteiger partial charge in [0.25, 0.3) is 0 Å². The Kier molecular flexibility index (Phi) is 5.50. The monoisotopic (exact) mass is 290 g/mol. The van der Waals surface area contributed by atoms with Gasteiger partial charge in [-0.1, -0.05) is 13.3 Å². The molecular weight excluding hydrogens is 276 g/mol. The van der Waals surface area contributed by atoms with Crippen molar-refractivity contribution < 1.29 is 9.53 Å². The van der Waals surface area contributed by atoms with E-state index in [1.807, 2.05) is 11.4 Å². The zero-order valence-corrected chi connectivity index (χ0v) is 11.4. The van der Waals surface area contributed by atoms with Crippen LogP contribution >= 0.6 is 27.3 Å². The number of carbonyl (C=O) groups excluding carboxylic acids is 1. The first-order chi connectivity index (χ1) is 7.17. The zero-order valence-electron chi connectivity index (χ0n) is 8.96. The zero-order chi connectivity index (χ0) is 11.3. The Morgan fingerprint density at radius 2 is 2.40 bits per heavy atom. The Morgan fingerprint density at radius 1 is 1.67 bits per heavy atom. The van der Waals surface area contributed by atoms with Crippen molar-refractivity contribution in [3.8, 4) is 0 Å². The molecule has 15 heavy (non-hydrogen) atoms. The number of ether oxygens (including phenoxy) is 1. The number of thiophene rings is 1. The van der Waals surface area contributed by atoms with E-state index in [0.717, 1.165) is 22.2 Å². The van der Waals surface area contributed by atoms with Crippen LogP contribution in [0.25, 0.3) is 0 Å². The predicted octanol–water partition coefficient (Wildman–Crippen LogP) is 3.44. The molecule has 1 aromatic rings. The number of halogens is 1. The molecule has 0 bridgehead atoms. The van der Waals surface area contributed by atoms with Gasteiger partial charge < -0.3 is 4.74 Å². The standard InChI is InChI=1S/C11H15BrO2S/c1-3-4-11(14-2)10(13)6-9-5-8(12)7-15-9/h5,7,11H,3-4,6H2,1-2H3. The summed E-state index contributed by atoms with van der Waals surface area (Å²) >= 11 is 4.98. The molecule has 1 aromatic heterocycles. The van der Waals surface area contributed by atoms with Gasteiger partial charge in [0.15, 0.2) is 5.78 Å². The lowest BCUT2D eigenvalue weighted by molar-refractivity contribution is -0.128. The van der Waals surface area contributed by atoms with Gasteiger partial charge in [0.05, 0.1) is 0 Å². The predicted molar refractivity (Wildman–Crippen MR) is 66.4 cm³/mol. The van der Waals surface area contributed by atoms with E-state index in [4.69, 9.17) is 4.74 Å². The molecule has 0 aliphatic rings. The molecule has 0 N–H and O–H groups in total. The molecule has 0 saturated carbocycles. The number of Topliss-reactive ketones (excluding diaryl/α,β-unsaturated/α-hetero) is 1. The minimum atomic E-state index is -0.240. The number of hydrogen-bond donors (Lipinski definition) is 0. The third-order valence-electron chi connectivity index (χ3n) is 2.16. The average Bonchev–Trinajstić information content (AvgIpc) is 2.60. The average molecular weight is 291 g/mol. The highest BCUT2D eigenvalue weighted by atomic mass is 79.9. The molecule has 84 valence electrons. The second kappa shape index (κ2) is 6.40. The molecule has 0 radical (unpaired) electrons. The molecule has 1 heterocycles. The van der Waals surface area contributed by atoms with Gasteiger partial charge in [-0.15, -0.1) is 11.3 Å². The fraction of sp³-hybridized carbons (Fsp3) is 0.545. The first kappa shape index (κ1) is 12.9. The van der Waals surface area contributed by atoms with E-state index in [1.165, 1.54) is 0 Å². The molecule has 4 heteroatoms. The maximum atomic E-state index is 11.8. The van der Waals surface area contributed by atoms with E-state index in [-0.39, 0.29) is 11.9 Å². The number of methoxy groups -OCH3 is 1. The van der Waals surface area contributed by atoms with Crippen LogP contribution in [-0.2, 0) is 16.0 Å². The molecule has 2 nitrogen and oxygen atoms in total. The van der Waals surface area contributed by atoms with Gasteiger partial charge >= 0.3 is 0 Å². The Labute approximate surface area is 103 Å². The van der Waals surface area contributed by atoms with Crippen molar-refractivity contribution in [1.82, 2.24) is 0 Å². The highest BCUT2D eigenvalue weighted by molar-refractivity contribution is 9.10. The highest BCUT2D eigenvalue weighted by Gasteiger charge is 2.17. The summed E-state index contributed by atoms with van der Waals surface area (Å²) in [6.07, 6.45) is 2.02. The van der Waals surface area contributed by atoms with E-state index < -0.39 is 0 Å². The van der Waals surface area contributed by atoms with Crippen molar-refractivity contribution in [1.29, 1.82) is 0 Å². The second-order valence-electron chi connectivity index (χ2n) is 3.39. The van der Waals surface area contributed by atoms with Crippen LogP contribution in [0, 0.1) is 0 Å². The van der Waals surface area contributed by atoms with Crippen LogP contribution < -0.4 is 0 Å². The fourth-order valence-corrected chi connectivity index (χ4v) is 2.87. The van der Waals surface area contributed by atoms with Crippen LogP contribution in [0.5, 0.6) is 0 Å². The lowest BCUT2D eigenvalue weighted by atomic mass is 10.1. The lowest BCUT2D eigenvalue weighted by Gasteiger charge is -2.11. The van der Waals surface area contributed by atoms with Crippen LogP contribution in [0.15, 0.2) is 15.9 Å². The molecular formula is C11H15BrO2S. The summed E-state index contributed by atoms with van der Waals surface area (Å²) in [5, 5.41) is 1.99. The molecule has 0 spiro atoms. The van der Waals surface area contributed by atoms with E-state index in [0.29, 0.717) is 6.42 Å². The van der Waals surface area contributed by atoms with Gasteiger partial charge in [-0.25, -0.2) is 0 Å². The third-order valence-corrected chi connectivity index (χ3v) is 3.86. The Hall–Kier alpha value is -0.190. The summed E-state index contributed by atoms with van der Waals surface area (Å²) in [7, 11) is 1.60. The SMILES string of the molecule is CCCC(OC)C(=O)Cc1cc(Br)cs1. The van der Waals surface area contributed by atoms with E-state index in [2.05, 4.69) is 22.9 Å². The lowest BCUT2D eigenvalue weighted by Crippen LogP contribution is -2.24. The van der Waals surface area contributed by atoms with Crippen LogP contribution in [0.1, 0.15) is 24.6 Å². The first-order valence-electron chi connectivity index (χ1n) is 4.95. The normalized spacial score (nSPS) is 12.7. The number of carbonyl (C=O) groups is 1. The van der Waals surface area contributed by atoms with E-state index in [9.17, 15) is 4.79 Å².